The number of nitrogens with one attached hydrogen (secondary N) is 1. The zero-order valence-corrected chi connectivity index (χ0v) is 13.0. The quantitative estimate of drug-likeness (QED) is 0.845. The van der Waals surface area contributed by atoms with Gasteiger partial charge in [-0.15, -0.1) is 0 Å². The molecular formula is C12H15Br2FN2O. The van der Waals surface area contributed by atoms with E-state index in [1.165, 1.54) is 0 Å². The molecule has 0 unspecified atom stereocenters. The third-order valence-electron chi connectivity index (χ3n) is 3.16. The van der Waals surface area contributed by atoms with Crippen molar-refractivity contribution >= 4 is 31.9 Å². The second-order valence-corrected chi connectivity index (χ2v) is 6.05. The average molecular weight is 382 g/mol. The van der Waals surface area contributed by atoms with Crippen LogP contribution in [-0.2, 0) is 0 Å². The molecule has 0 amide bonds. The number of hydrogen-bond donors (Lipinski definition) is 2. The molecule has 0 spiro atoms. The van der Waals surface area contributed by atoms with E-state index >= 15 is 0 Å². The van der Waals surface area contributed by atoms with Crippen molar-refractivity contribution in [3.8, 4) is 5.75 Å². The van der Waals surface area contributed by atoms with Gasteiger partial charge in [0.15, 0.2) is 0 Å². The van der Waals surface area contributed by atoms with Gasteiger partial charge in [0.2, 0.25) is 0 Å². The number of benzene rings is 1. The predicted molar refractivity (Wildman–Crippen MR) is 76.7 cm³/mol. The number of nitrogens with zero attached hydrogens (tertiary/aromatic N) is 1. The molecule has 3 nitrogen and oxygen atoms in total. The fourth-order valence-corrected chi connectivity index (χ4v) is 3.47. The van der Waals surface area contributed by atoms with E-state index in [0.717, 1.165) is 30.7 Å². The molecule has 1 aliphatic heterocycles. The standard InChI is InChI=1S/C12H15Br2FN2O/c13-8-5-9(12(18)10(14)6-8)11(7-15)17-3-1-16-2-4-17/h5-6,11,16,18H,1-4,7H2/t11-/m1/s1. The van der Waals surface area contributed by atoms with Crippen molar-refractivity contribution in [3.63, 3.8) is 0 Å². The molecule has 1 heterocycles. The molecule has 0 aliphatic carbocycles. The van der Waals surface area contributed by atoms with Crippen LogP contribution < -0.4 is 5.32 Å². The Morgan fingerprint density at radius 1 is 1.33 bits per heavy atom. The Balaban J connectivity index is 2.31. The molecule has 2 N–H and O–H groups in total. The Kier molecular flexibility index (Phi) is 5.00. The molecule has 1 fully saturated rings. The van der Waals surface area contributed by atoms with Gasteiger partial charge in [-0.3, -0.25) is 4.90 Å². The van der Waals surface area contributed by atoms with Gasteiger partial charge in [0.25, 0.3) is 0 Å². The molecule has 18 heavy (non-hydrogen) atoms. The molecule has 0 radical (unpaired) electrons. The van der Waals surface area contributed by atoms with Crippen LogP contribution >= 0.6 is 31.9 Å². The summed E-state index contributed by atoms with van der Waals surface area (Å²) >= 11 is 6.66. The first-order valence-corrected chi connectivity index (χ1v) is 7.40. The fraction of sp³-hybridized carbons (Fsp3) is 0.500. The second kappa shape index (κ2) is 6.32. The van der Waals surface area contributed by atoms with E-state index in [0.29, 0.717) is 10.0 Å². The van der Waals surface area contributed by atoms with Gasteiger partial charge >= 0.3 is 0 Å². The van der Waals surface area contributed by atoms with Crippen LogP contribution in [0.3, 0.4) is 0 Å². The molecule has 1 saturated heterocycles. The van der Waals surface area contributed by atoms with Gasteiger partial charge in [-0.2, -0.15) is 0 Å². The Morgan fingerprint density at radius 3 is 2.61 bits per heavy atom. The van der Waals surface area contributed by atoms with Crippen molar-refractivity contribution in [1.82, 2.24) is 10.2 Å². The summed E-state index contributed by atoms with van der Waals surface area (Å²) in [6.45, 7) is 2.78. The molecule has 0 aromatic heterocycles. The first kappa shape index (κ1) is 14.2. The maximum atomic E-state index is 13.4. The minimum Gasteiger partial charge on any atom is -0.506 e. The number of aromatic hydroxyl groups is 1. The minimum absolute atomic E-state index is 0.124. The first-order valence-electron chi connectivity index (χ1n) is 5.82. The molecule has 1 aromatic carbocycles. The van der Waals surface area contributed by atoms with Crippen molar-refractivity contribution in [2.75, 3.05) is 32.9 Å². The summed E-state index contributed by atoms with van der Waals surface area (Å²) in [5.41, 5.74) is 0.626. The molecule has 1 aliphatic rings. The molecule has 100 valence electrons. The lowest BCUT2D eigenvalue weighted by Crippen LogP contribution is -2.45. The monoisotopic (exact) mass is 380 g/mol. The highest BCUT2D eigenvalue weighted by Crippen LogP contribution is 2.37. The number of piperazine rings is 1. The van der Waals surface area contributed by atoms with Gasteiger partial charge in [0, 0.05) is 36.2 Å². The van der Waals surface area contributed by atoms with Crippen molar-refractivity contribution in [3.05, 3.63) is 26.6 Å². The Hall–Kier alpha value is -0.170. The van der Waals surface area contributed by atoms with Crippen LogP contribution in [0.25, 0.3) is 0 Å². The van der Waals surface area contributed by atoms with Crippen LogP contribution in [0.5, 0.6) is 5.75 Å². The van der Waals surface area contributed by atoms with Crippen molar-refractivity contribution in [2.24, 2.45) is 0 Å². The lowest BCUT2D eigenvalue weighted by atomic mass is 10.0. The topological polar surface area (TPSA) is 35.5 Å². The summed E-state index contributed by atoms with van der Waals surface area (Å²) in [6, 6.07) is 3.15. The van der Waals surface area contributed by atoms with Gasteiger partial charge in [-0.1, -0.05) is 15.9 Å². The maximum absolute atomic E-state index is 13.4. The van der Waals surface area contributed by atoms with Crippen molar-refractivity contribution in [2.45, 2.75) is 6.04 Å². The van der Waals surface area contributed by atoms with Crippen LogP contribution in [0.1, 0.15) is 11.6 Å². The molecule has 6 heteroatoms. The third-order valence-corrected chi connectivity index (χ3v) is 4.22. The Labute approximate surface area is 123 Å². The van der Waals surface area contributed by atoms with Crippen LogP contribution in [0, 0.1) is 0 Å². The van der Waals surface area contributed by atoms with Crippen LogP contribution in [0.2, 0.25) is 0 Å². The van der Waals surface area contributed by atoms with Crippen LogP contribution in [-0.4, -0.2) is 42.9 Å². The second-order valence-electron chi connectivity index (χ2n) is 4.28. The van der Waals surface area contributed by atoms with Gasteiger partial charge in [-0.05, 0) is 28.1 Å². The number of rotatable bonds is 3. The van der Waals surface area contributed by atoms with Gasteiger partial charge < -0.3 is 10.4 Å². The number of phenolic OH excluding ortho intramolecular Hbond substituents is 1. The zero-order chi connectivity index (χ0) is 13.1. The van der Waals surface area contributed by atoms with Crippen LogP contribution in [0.15, 0.2) is 21.1 Å². The molecule has 1 atom stereocenters. The first-order chi connectivity index (χ1) is 8.63. The number of hydrogen-bond acceptors (Lipinski definition) is 3. The fourth-order valence-electron chi connectivity index (χ4n) is 2.21. The number of phenols is 1. The molecule has 0 bridgehead atoms. The predicted octanol–water partition coefficient (Wildman–Crippen LogP) is 2.83. The summed E-state index contributed by atoms with van der Waals surface area (Å²) in [7, 11) is 0. The van der Waals surface area contributed by atoms with E-state index in [9.17, 15) is 9.50 Å². The summed E-state index contributed by atoms with van der Waals surface area (Å²) in [5, 5.41) is 13.3. The summed E-state index contributed by atoms with van der Waals surface area (Å²) in [5.74, 6) is 0.124. The molecule has 2 rings (SSSR count). The minimum atomic E-state index is -0.504. The van der Waals surface area contributed by atoms with E-state index < -0.39 is 6.67 Å². The molecular weight excluding hydrogens is 367 g/mol. The van der Waals surface area contributed by atoms with E-state index in [1.54, 1.807) is 12.1 Å². The van der Waals surface area contributed by atoms with Crippen molar-refractivity contribution < 1.29 is 9.50 Å². The van der Waals surface area contributed by atoms with E-state index in [4.69, 9.17) is 0 Å². The molecule has 1 aromatic rings. The highest BCUT2D eigenvalue weighted by atomic mass is 79.9. The Bertz CT molecular complexity index is 425. The van der Waals surface area contributed by atoms with Gasteiger partial charge in [-0.25, -0.2) is 4.39 Å². The summed E-state index contributed by atoms with van der Waals surface area (Å²) < 4.78 is 14.8. The zero-order valence-electron chi connectivity index (χ0n) is 9.80. The van der Waals surface area contributed by atoms with Gasteiger partial charge in [0.1, 0.15) is 12.4 Å². The number of alkyl halides is 1. The lowest BCUT2D eigenvalue weighted by molar-refractivity contribution is 0.145. The Morgan fingerprint density at radius 2 is 2.00 bits per heavy atom. The normalized spacial score (nSPS) is 18.8. The maximum Gasteiger partial charge on any atom is 0.134 e. The highest BCUT2D eigenvalue weighted by Gasteiger charge is 2.25. The SMILES string of the molecule is Oc1c(Br)cc(Br)cc1[C@@H](CF)N1CCNCC1. The smallest absolute Gasteiger partial charge is 0.134 e. The number of halogens is 3. The van der Waals surface area contributed by atoms with E-state index in [-0.39, 0.29) is 11.8 Å². The molecule has 0 saturated carbocycles. The van der Waals surface area contributed by atoms with E-state index in [2.05, 4.69) is 42.1 Å². The average Bonchev–Trinajstić information content (AvgIpc) is 2.37. The van der Waals surface area contributed by atoms with Crippen LogP contribution in [0.4, 0.5) is 4.39 Å². The summed E-state index contributed by atoms with van der Waals surface area (Å²) in [6.07, 6.45) is 0. The van der Waals surface area contributed by atoms with E-state index in [1.807, 2.05) is 0 Å². The summed E-state index contributed by atoms with van der Waals surface area (Å²) in [4.78, 5) is 2.06. The van der Waals surface area contributed by atoms with Crippen molar-refractivity contribution in [1.29, 1.82) is 0 Å². The lowest BCUT2D eigenvalue weighted by Gasteiger charge is -2.34. The highest BCUT2D eigenvalue weighted by molar-refractivity contribution is 9.11. The van der Waals surface area contributed by atoms with Gasteiger partial charge in [0.05, 0.1) is 10.5 Å². The third kappa shape index (κ3) is 3.04. The largest absolute Gasteiger partial charge is 0.506 e.